The number of anilines is 1. The summed E-state index contributed by atoms with van der Waals surface area (Å²) in [6.07, 6.45) is 8.66. The van der Waals surface area contributed by atoms with Gasteiger partial charge in [-0.2, -0.15) is 0 Å². The predicted octanol–water partition coefficient (Wildman–Crippen LogP) is 4.89. The molecule has 0 radical (unpaired) electrons. The smallest absolute Gasteiger partial charge is 0.270 e. The van der Waals surface area contributed by atoms with Crippen LogP contribution in [0.5, 0.6) is 0 Å². The lowest BCUT2D eigenvalue weighted by Gasteiger charge is -2.28. The molecule has 2 aliphatic carbocycles. The summed E-state index contributed by atoms with van der Waals surface area (Å²) in [7, 11) is 0. The van der Waals surface area contributed by atoms with Gasteiger partial charge in [0.15, 0.2) is 5.78 Å². The molecule has 0 aliphatic heterocycles. The SMILES string of the molecule is O=C(CCCC1CC1)c1nc[nH]c1C(=O)NC1CCC(C(=O)Nc2ccc(F)cc2Cl)CC1. The van der Waals surface area contributed by atoms with Crippen LogP contribution in [0.1, 0.15) is 78.8 Å². The van der Waals surface area contributed by atoms with Gasteiger partial charge in [0.2, 0.25) is 5.91 Å². The van der Waals surface area contributed by atoms with Crippen molar-refractivity contribution in [2.24, 2.45) is 11.8 Å². The van der Waals surface area contributed by atoms with Crippen LogP contribution in [0.15, 0.2) is 24.5 Å². The Morgan fingerprint density at radius 1 is 1.12 bits per heavy atom. The standard InChI is InChI=1S/C24H28ClFN4O3/c25-18-12-16(26)8-11-19(18)30-23(32)15-6-9-17(10-7-15)29-24(33)22-21(27-13-28-22)20(31)3-1-2-14-4-5-14/h8,11-15,17H,1-7,9-10H2,(H,27,28)(H,29,33)(H,30,32). The Labute approximate surface area is 196 Å². The Bertz CT molecular complexity index is 1030. The number of amides is 2. The summed E-state index contributed by atoms with van der Waals surface area (Å²) >= 11 is 5.99. The van der Waals surface area contributed by atoms with Gasteiger partial charge in [0.05, 0.1) is 17.0 Å². The summed E-state index contributed by atoms with van der Waals surface area (Å²) in [6.45, 7) is 0. The first-order valence-corrected chi connectivity index (χ1v) is 11.9. The van der Waals surface area contributed by atoms with Gasteiger partial charge < -0.3 is 15.6 Å². The van der Waals surface area contributed by atoms with Gasteiger partial charge in [0.25, 0.3) is 5.91 Å². The van der Waals surface area contributed by atoms with Crippen LogP contribution in [-0.4, -0.2) is 33.6 Å². The Balaban J connectivity index is 1.25. The lowest BCUT2D eigenvalue weighted by atomic mass is 9.85. The maximum atomic E-state index is 13.2. The van der Waals surface area contributed by atoms with Crippen molar-refractivity contribution >= 4 is 34.9 Å². The molecule has 0 unspecified atom stereocenters. The van der Waals surface area contributed by atoms with Crippen molar-refractivity contribution in [3.8, 4) is 0 Å². The van der Waals surface area contributed by atoms with Crippen molar-refractivity contribution in [2.45, 2.75) is 63.8 Å². The average Bonchev–Trinajstić information content (AvgIpc) is 3.48. The third kappa shape index (κ3) is 6.19. The zero-order valence-electron chi connectivity index (χ0n) is 18.3. The van der Waals surface area contributed by atoms with E-state index in [-0.39, 0.29) is 46.0 Å². The van der Waals surface area contributed by atoms with Gasteiger partial charge in [-0.3, -0.25) is 14.4 Å². The summed E-state index contributed by atoms with van der Waals surface area (Å²) < 4.78 is 13.2. The molecule has 1 heterocycles. The zero-order valence-corrected chi connectivity index (χ0v) is 19.1. The molecule has 33 heavy (non-hydrogen) atoms. The van der Waals surface area contributed by atoms with E-state index in [0.717, 1.165) is 24.8 Å². The molecule has 7 nitrogen and oxygen atoms in total. The molecule has 1 aromatic carbocycles. The number of nitrogens with zero attached hydrogens (tertiary/aromatic N) is 1. The highest BCUT2D eigenvalue weighted by Gasteiger charge is 2.29. The van der Waals surface area contributed by atoms with Crippen LogP contribution in [-0.2, 0) is 4.79 Å². The number of imidazole rings is 1. The van der Waals surface area contributed by atoms with Gasteiger partial charge in [0, 0.05) is 18.4 Å². The lowest BCUT2D eigenvalue weighted by Crippen LogP contribution is -2.40. The topological polar surface area (TPSA) is 104 Å². The van der Waals surface area contributed by atoms with Gasteiger partial charge in [0.1, 0.15) is 17.2 Å². The second-order valence-electron chi connectivity index (χ2n) is 9.02. The number of benzene rings is 1. The number of rotatable bonds is 9. The van der Waals surface area contributed by atoms with E-state index in [1.165, 1.54) is 31.3 Å². The molecule has 4 rings (SSSR count). The molecule has 2 aliphatic rings. The number of Topliss-reactive ketones (excluding diaryl/α,β-unsaturated/α-hetero) is 1. The summed E-state index contributed by atoms with van der Waals surface area (Å²) in [5.74, 6) is -0.527. The normalized spacial score (nSPS) is 20.3. The van der Waals surface area contributed by atoms with Crippen LogP contribution in [0.4, 0.5) is 10.1 Å². The van der Waals surface area contributed by atoms with E-state index in [1.807, 2.05) is 0 Å². The van der Waals surface area contributed by atoms with Gasteiger partial charge in [-0.1, -0.05) is 30.9 Å². The number of carbonyl (C=O) groups is 3. The Hall–Kier alpha value is -2.74. The van der Waals surface area contributed by atoms with E-state index in [0.29, 0.717) is 37.8 Å². The van der Waals surface area contributed by atoms with E-state index in [9.17, 15) is 18.8 Å². The van der Waals surface area contributed by atoms with Gasteiger partial charge >= 0.3 is 0 Å². The van der Waals surface area contributed by atoms with Crippen LogP contribution >= 0.6 is 11.6 Å². The highest BCUT2D eigenvalue weighted by Crippen LogP contribution is 2.34. The minimum Gasteiger partial charge on any atom is -0.348 e. The molecule has 9 heteroatoms. The molecule has 0 saturated heterocycles. The quantitative estimate of drug-likeness (QED) is 0.450. The van der Waals surface area contributed by atoms with Crippen molar-refractivity contribution in [3.05, 3.63) is 46.8 Å². The monoisotopic (exact) mass is 474 g/mol. The lowest BCUT2D eigenvalue weighted by molar-refractivity contribution is -0.120. The molecule has 176 valence electrons. The third-order valence-electron chi connectivity index (χ3n) is 6.47. The number of halogens is 2. The highest BCUT2D eigenvalue weighted by molar-refractivity contribution is 6.33. The molecular weight excluding hydrogens is 447 g/mol. The van der Waals surface area contributed by atoms with E-state index in [2.05, 4.69) is 20.6 Å². The fourth-order valence-electron chi connectivity index (χ4n) is 4.34. The summed E-state index contributed by atoms with van der Waals surface area (Å²) in [6, 6.07) is 3.76. The number of ketones is 1. The van der Waals surface area contributed by atoms with Crippen molar-refractivity contribution in [1.82, 2.24) is 15.3 Å². The van der Waals surface area contributed by atoms with E-state index in [1.54, 1.807) is 0 Å². The number of H-pyrrole nitrogens is 1. The predicted molar refractivity (Wildman–Crippen MR) is 123 cm³/mol. The average molecular weight is 475 g/mol. The number of hydrogen-bond acceptors (Lipinski definition) is 4. The first-order chi connectivity index (χ1) is 15.9. The zero-order chi connectivity index (χ0) is 23.4. The number of hydrogen-bond donors (Lipinski definition) is 3. The van der Waals surface area contributed by atoms with E-state index < -0.39 is 5.82 Å². The van der Waals surface area contributed by atoms with Crippen LogP contribution < -0.4 is 10.6 Å². The third-order valence-corrected chi connectivity index (χ3v) is 6.78. The molecule has 1 aromatic heterocycles. The number of aromatic nitrogens is 2. The maximum absolute atomic E-state index is 13.2. The van der Waals surface area contributed by atoms with Crippen molar-refractivity contribution in [1.29, 1.82) is 0 Å². The van der Waals surface area contributed by atoms with E-state index >= 15 is 0 Å². The number of aromatic amines is 1. The Kier molecular flexibility index (Phi) is 7.42. The maximum Gasteiger partial charge on any atom is 0.270 e. The molecule has 2 aromatic rings. The summed E-state index contributed by atoms with van der Waals surface area (Å²) in [4.78, 5) is 44.7. The Morgan fingerprint density at radius 3 is 2.58 bits per heavy atom. The molecule has 2 fully saturated rings. The molecule has 0 spiro atoms. The highest BCUT2D eigenvalue weighted by atomic mass is 35.5. The second-order valence-corrected chi connectivity index (χ2v) is 9.43. The van der Waals surface area contributed by atoms with Gasteiger partial charge in [-0.15, -0.1) is 0 Å². The van der Waals surface area contributed by atoms with Crippen LogP contribution in [0, 0.1) is 17.7 Å². The van der Waals surface area contributed by atoms with Crippen LogP contribution in [0.2, 0.25) is 5.02 Å². The first-order valence-electron chi connectivity index (χ1n) is 11.5. The number of carbonyl (C=O) groups excluding carboxylic acids is 3. The van der Waals surface area contributed by atoms with Crippen molar-refractivity contribution in [3.63, 3.8) is 0 Å². The van der Waals surface area contributed by atoms with Crippen molar-refractivity contribution in [2.75, 3.05) is 5.32 Å². The molecule has 0 atom stereocenters. The fourth-order valence-corrected chi connectivity index (χ4v) is 4.55. The first kappa shape index (κ1) is 23.4. The number of nitrogens with one attached hydrogen (secondary N) is 3. The molecule has 0 bridgehead atoms. The Morgan fingerprint density at radius 2 is 1.88 bits per heavy atom. The van der Waals surface area contributed by atoms with Gasteiger partial charge in [-0.05, 0) is 56.2 Å². The van der Waals surface area contributed by atoms with Crippen LogP contribution in [0.25, 0.3) is 0 Å². The largest absolute Gasteiger partial charge is 0.348 e. The molecule has 3 N–H and O–H groups in total. The molecular formula is C24H28ClFN4O3. The molecule has 2 saturated carbocycles. The summed E-state index contributed by atoms with van der Waals surface area (Å²) in [5, 5.41) is 5.88. The summed E-state index contributed by atoms with van der Waals surface area (Å²) in [5.41, 5.74) is 0.789. The second kappa shape index (κ2) is 10.5. The minimum atomic E-state index is -0.463. The van der Waals surface area contributed by atoms with Crippen LogP contribution in [0.3, 0.4) is 0 Å². The van der Waals surface area contributed by atoms with Crippen molar-refractivity contribution < 1.29 is 18.8 Å². The van der Waals surface area contributed by atoms with Gasteiger partial charge in [-0.25, -0.2) is 9.37 Å². The minimum absolute atomic E-state index is 0.0860. The fraction of sp³-hybridized carbons (Fsp3) is 0.500. The molecule has 2 amide bonds. The van der Waals surface area contributed by atoms with E-state index in [4.69, 9.17) is 11.6 Å².